The van der Waals surface area contributed by atoms with Gasteiger partial charge in [-0.3, -0.25) is 5.01 Å². The van der Waals surface area contributed by atoms with Gasteiger partial charge >= 0.3 is 6.03 Å². The summed E-state index contributed by atoms with van der Waals surface area (Å²) in [5, 5.41) is 10.0. The summed E-state index contributed by atoms with van der Waals surface area (Å²) in [6.07, 6.45) is 0.875. The molecular weight excluding hydrogens is 216 g/mol. The van der Waals surface area contributed by atoms with E-state index >= 15 is 0 Å². The number of benzene rings is 1. The number of amides is 2. The van der Waals surface area contributed by atoms with Gasteiger partial charge in [-0.2, -0.15) is 5.26 Å². The molecule has 0 radical (unpaired) electrons. The summed E-state index contributed by atoms with van der Waals surface area (Å²) in [6, 6.07) is 9.20. The van der Waals surface area contributed by atoms with Gasteiger partial charge in [0.25, 0.3) is 0 Å². The number of rotatable bonds is 2. The molecule has 1 aliphatic rings. The molecule has 0 atom stereocenters. The van der Waals surface area contributed by atoms with Gasteiger partial charge in [0.15, 0.2) is 0 Å². The Hall–Kier alpha value is -2.06. The first-order valence-corrected chi connectivity index (χ1v) is 5.51. The SMILES string of the molecule is N#Cc1cccc(CN2CCCN(N)C2=O)c1. The molecule has 2 N–H and O–H groups in total. The summed E-state index contributed by atoms with van der Waals surface area (Å²) in [5.41, 5.74) is 1.56. The third-order valence-corrected chi connectivity index (χ3v) is 2.77. The van der Waals surface area contributed by atoms with Gasteiger partial charge in [0, 0.05) is 19.6 Å². The van der Waals surface area contributed by atoms with E-state index in [1.54, 1.807) is 17.0 Å². The summed E-state index contributed by atoms with van der Waals surface area (Å²) in [5.74, 6) is 5.57. The molecule has 1 saturated heterocycles. The average molecular weight is 230 g/mol. The number of hydrogen-bond donors (Lipinski definition) is 1. The first-order valence-electron chi connectivity index (χ1n) is 5.51. The van der Waals surface area contributed by atoms with Crippen LogP contribution in [0.15, 0.2) is 24.3 Å². The van der Waals surface area contributed by atoms with Crippen molar-refractivity contribution in [1.29, 1.82) is 5.26 Å². The van der Waals surface area contributed by atoms with Crippen LogP contribution in [0.5, 0.6) is 0 Å². The lowest BCUT2D eigenvalue weighted by Gasteiger charge is -2.32. The van der Waals surface area contributed by atoms with E-state index in [4.69, 9.17) is 11.1 Å². The maximum Gasteiger partial charge on any atom is 0.334 e. The van der Waals surface area contributed by atoms with Gasteiger partial charge in [-0.25, -0.2) is 10.6 Å². The van der Waals surface area contributed by atoms with Crippen LogP contribution in [0, 0.1) is 11.3 Å². The van der Waals surface area contributed by atoms with Crippen molar-refractivity contribution in [2.75, 3.05) is 13.1 Å². The molecule has 2 amide bonds. The van der Waals surface area contributed by atoms with Gasteiger partial charge in [-0.1, -0.05) is 12.1 Å². The Labute approximate surface area is 100.0 Å². The fourth-order valence-corrected chi connectivity index (χ4v) is 1.91. The highest BCUT2D eigenvalue weighted by molar-refractivity contribution is 5.74. The second-order valence-corrected chi connectivity index (χ2v) is 4.06. The molecule has 1 heterocycles. The summed E-state index contributed by atoms with van der Waals surface area (Å²) < 4.78 is 0. The largest absolute Gasteiger partial charge is 0.334 e. The van der Waals surface area contributed by atoms with E-state index in [0.29, 0.717) is 25.2 Å². The van der Waals surface area contributed by atoms with E-state index in [9.17, 15) is 4.79 Å². The Bertz CT molecular complexity index is 466. The van der Waals surface area contributed by atoms with Crippen molar-refractivity contribution in [2.45, 2.75) is 13.0 Å². The third kappa shape index (κ3) is 2.55. The molecule has 1 aliphatic heterocycles. The molecule has 0 unspecified atom stereocenters. The number of nitriles is 1. The minimum Gasteiger partial charge on any atom is -0.319 e. The van der Waals surface area contributed by atoms with Crippen LogP contribution in [0.4, 0.5) is 4.79 Å². The van der Waals surface area contributed by atoms with E-state index in [-0.39, 0.29) is 6.03 Å². The van der Waals surface area contributed by atoms with Crippen LogP contribution >= 0.6 is 0 Å². The van der Waals surface area contributed by atoms with Gasteiger partial charge in [0.05, 0.1) is 11.6 Å². The third-order valence-electron chi connectivity index (χ3n) is 2.77. The highest BCUT2D eigenvalue weighted by Gasteiger charge is 2.23. The van der Waals surface area contributed by atoms with Crippen LogP contribution in [0.1, 0.15) is 17.5 Å². The minimum absolute atomic E-state index is 0.154. The van der Waals surface area contributed by atoms with Crippen molar-refractivity contribution in [3.8, 4) is 6.07 Å². The highest BCUT2D eigenvalue weighted by Crippen LogP contribution is 2.12. The van der Waals surface area contributed by atoms with Crippen LogP contribution in [-0.4, -0.2) is 29.0 Å². The normalized spacial score (nSPS) is 15.9. The summed E-state index contributed by atoms with van der Waals surface area (Å²) in [7, 11) is 0. The zero-order valence-corrected chi connectivity index (χ0v) is 9.47. The van der Waals surface area contributed by atoms with Crippen LogP contribution in [0.2, 0.25) is 0 Å². The Morgan fingerprint density at radius 1 is 1.41 bits per heavy atom. The first-order chi connectivity index (χ1) is 8.20. The maximum atomic E-state index is 11.7. The van der Waals surface area contributed by atoms with E-state index < -0.39 is 0 Å². The quantitative estimate of drug-likeness (QED) is 0.610. The molecule has 1 aromatic carbocycles. The van der Waals surface area contributed by atoms with E-state index in [1.807, 2.05) is 12.1 Å². The Morgan fingerprint density at radius 2 is 2.24 bits per heavy atom. The van der Waals surface area contributed by atoms with Gasteiger partial charge in [-0.15, -0.1) is 0 Å². The van der Waals surface area contributed by atoms with Crippen molar-refractivity contribution in [2.24, 2.45) is 5.84 Å². The van der Waals surface area contributed by atoms with Crippen molar-refractivity contribution in [3.63, 3.8) is 0 Å². The highest BCUT2D eigenvalue weighted by atomic mass is 16.2. The summed E-state index contributed by atoms with van der Waals surface area (Å²) in [6.45, 7) is 1.82. The van der Waals surface area contributed by atoms with Crippen LogP contribution in [0.25, 0.3) is 0 Å². The van der Waals surface area contributed by atoms with Crippen LogP contribution in [-0.2, 0) is 6.54 Å². The van der Waals surface area contributed by atoms with Crippen LogP contribution in [0.3, 0.4) is 0 Å². The molecule has 1 aromatic rings. The average Bonchev–Trinajstić information content (AvgIpc) is 2.35. The monoisotopic (exact) mass is 230 g/mol. The van der Waals surface area contributed by atoms with Gasteiger partial charge in [0.1, 0.15) is 0 Å². The standard InChI is InChI=1S/C12H14N4O/c13-8-10-3-1-4-11(7-10)9-15-5-2-6-16(14)12(15)17/h1,3-4,7H,2,5-6,9,14H2. The predicted octanol–water partition coefficient (Wildman–Crippen LogP) is 1.06. The summed E-state index contributed by atoms with van der Waals surface area (Å²) >= 11 is 0. The number of nitrogens with two attached hydrogens (primary N) is 1. The molecule has 0 aliphatic carbocycles. The van der Waals surface area contributed by atoms with E-state index in [2.05, 4.69) is 6.07 Å². The van der Waals surface area contributed by atoms with Crippen LogP contribution < -0.4 is 5.84 Å². The van der Waals surface area contributed by atoms with Gasteiger partial charge in [0.2, 0.25) is 0 Å². The number of hydrazine groups is 1. The van der Waals surface area contributed by atoms with Crippen molar-refractivity contribution in [3.05, 3.63) is 35.4 Å². The summed E-state index contributed by atoms with van der Waals surface area (Å²) in [4.78, 5) is 13.4. The molecule has 1 fully saturated rings. The lowest BCUT2D eigenvalue weighted by atomic mass is 10.1. The molecule has 2 rings (SSSR count). The fourth-order valence-electron chi connectivity index (χ4n) is 1.91. The maximum absolute atomic E-state index is 11.7. The first kappa shape index (κ1) is 11.4. The lowest BCUT2D eigenvalue weighted by Crippen LogP contribution is -2.52. The molecule has 0 bridgehead atoms. The molecule has 0 saturated carbocycles. The van der Waals surface area contributed by atoms with E-state index in [1.165, 1.54) is 5.01 Å². The second-order valence-electron chi connectivity index (χ2n) is 4.06. The predicted molar refractivity (Wildman–Crippen MR) is 62.5 cm³/mol. The number of carbonyl (C=O) groups excluding carboxylic acids is 1. The topological polar surface area (TPSA) is 73.4 Å². The van der Waals surface area contributed by atoms with Crippen molar-refractivity contribution in [1.82, 2.24) is 9.91 Å². The second kappa shape index (κ2) is 4.85. The molecule has 5 nitrogen and oxygen atoms in total. The number of urea groups is 1. The number of carbonyl (C=O) groups is 1. The smallest absolute Gasteiger partial charge is 0.319 e. The molecule has 0 spiro atoms. The van der Waals surface area contributed by atoms with E-state index in [0.717, 1.165) is 12.0 Å². The van der Waals surface area contributed by atoms with Gasteiger partial charge in [-0.05, 0) is 24.1 Å². The molecule has 88 valence electrons. The van der Waals surface area contributed by atoms with Crippen molar-refractivity contribution < 1.29 is 4.79 Å². The minimum atomic E-state index is -0.154. The Morgan fingerprint density at radius 3 is 3.00 bits per heavy atom. The lowest BCUT2D eigenvalue weighted by molar-refractivity contribution is 0.127. The Balaban J connectivity index is 2.10. The fraction of sp³-hybridized carbons (Fsp3) is 0.333. The number of nitrogens with zero attached hydrogens (tertiary/aromatic N) is 3. The van der Waals surface area contributed by atoms with Gasteiger partial charge < -0.3 is 4.90 Å². The molecule has 0 aromatic heterocycles. The molecule has 5 heteroatoms. The zero-order chi connectivity index (χ0) is 12.3. The molecule has 17 heavy (non-hydrogen) atoms. The Kier molecular flexibility index (Phi) is 3.26. The number of hydrogen-bond acceptors (Lipinski definition) is 3. The van der Waals surface area contributed by atoms with Crippen molar-refractivity contribution >= 4 is 6.03 Å². The molecular formula is C12H14N4O. The zero-order valence-electron chi connectivity index (χ0n) is 9.47.